The molecule has 2 fully saturated rings. The molecule has 0 aliphatic heterocycles. The number of hydrogen-bond acceptors (Lipinski definition) is 4. The van der Waals surface area contributed by atoms with Gasteiger partial charge in [-0.15, -0.1) is 0 Å². The van der Waals surface area contributed by atoms with Crippen LogP contribution in [0.15, 0.2) is 24.3 Å². The van der Waals surface area contributed by atoms with E-state index >= 15 is 0 Å². The summed E-state index contributed by atoms with van der Waals surface area (Å²) in [6, 6.07) is 5.32. The van der Waals surface area contributed by atoms with Gasteiger partial charge in [0.2, 0.25) is 7.28 Å². The van der Waals surface area contributed by atoms with Gasteiger partial charge in [0.15, 0.2) is 0 Å². The third-order valence-electron chi connectivity index (χ3n) is 7.93. The van der Waals surface area contributed by atoms with Crippen LogP contribution in [0.2, 0.25) is 5.82 Å². The van der Waals surface area contributed by atoms with E-state index in [1.807, 2.05) is 0 Å². The molecule has 2 aliphatic rings. The smallest absolute Gasteiger partial charge is 0.336 e. The number of carboxylic acids is 2. The minimum atomic E-state index is -1.28. The summed E-state index contributed by atoms with van der Waals surface area (Å²) in [6.07, 6.45) is 7.49. The average Bonchev–Trinajstić information content (AvgIpc) is 2.85. The zero-order chi connectivity index (χ0) is 26.0. The molecule has 8 heteroatoms. The maximum absolute atomic E-state index is 13.4. The fraction of sp³-hybridized carbons (Fsp3) is 0.500. The van der Waals surface area contributed by atoms with E-state index in [4.69, 9.17) is 0 Å². The van der Waals surface area contributed by atoms with Gasteiger partial charge in [-0.05, 0) is 55.7 Å². The number of carbonyl (C=O) groups excluding carboxylic acids is 2. The van der Waals surface area contributed by atoms with Crippen molar-refractivity contribution >= 4 is 41.6 Å². The van der Waals surface area contributed by atoms with E-state index < -0.39 is 17.8 Å². The van der Waals surface area contributed by atoms with Gasteiger partial charge in [-0.1, -0.05) is 51.4 Å². The molecule has 0 spiro atoms. The van der Waals surface area contributed by atoms with Crippen molar-refractivity contribution in [1.29, 1.82) is 0 Å². The van der Waals surface area contributed by atoms with Crippen LogP contribution in [0.25, 0.3) is 10.8 Å². The molecule has 2 aromatic carbocycles. The molecule has 1 radical (unpaired) electrons. The van der Waals surface area contributed by atoms with Crippen molar-refractivity contribution < 1.29 is 29.4 Å². The number of aromatic carboxylic acids is 2. The molecule has 2 saturated carbocycles. The molecule has 189 valence electrons. The Hall–Kier alpha value is -3.16. The van der Waals surface area contributed by atoms with E-state index in [-0.39, 0.29) is 50.6 Å². The summed E-state index contributed by atoms with van der Waals surface area (Å²) in [5, 5.41) is 22.8. The second kappa shape index (κ2) is 10.8. The molecule has 0 atom stereocenters. The molecular weight excluding hydrogens is 457 g/mol. The standard InChI is InChI=1S/C28H33BNO6/c1-15-3-7-17(8-4-15)29-25(31)19-11-13-22(28(35)36)24-20(12-14-21(23(19)24)27(33)34)26(32)30-18-9-5-16(2)6-10-18/h11-18H,3-10H2,1-2H3,(H,30,32)(H,33,34)(H,35,36). The van der Waals surface area contributed by atoms with E-state index in [2.05, 4.69) is 19.2 Å². The summed E-state index contributed by atoms with van der Waals surface area (Å²) in [5.74, 6) is -1.70. The van der Waals surface area contributed by atoms with Gasteiger partial charge in [0.1, 0.15) is 5.68 Å². The monoisotopic (exact) mass is 490 g/mol. The first kappa shape index (κ1) is 25.9. The second-order valence-corrected chi connectivity index (χ2v) is 10.7. The molecule has 0 saturated heterocycles. The van der Waals surface area contributed by atoms with Gasteiger partial charge in [0.05, 0.1) is 11.1 Å². The zero-order valence-corrected chi connectivity index (χ0v) is 20.9. The highest BCUT2D eigenvalue weighted by Gasteiger charge is 2.29. The Morgan fingerprint density at radius 2 is 1.14 bits per heavy atom. The van der Waals surface area contributed by atoms with Crippen LogP contribution in [0.5, 0.6) is 0 Å². The number of nitrogens with one attached hydrogen (secondary N) is 1. The van der Waals surface area contributed by atoms with Crippen LogP contribution >= 0.6 is 0 Å². The van der Waals surface area contributed by atoms with Crippen molar-refractivity contribution in [2.45, 2.75) is 77.1 Å². The van der Waals surface area contributed by atoms with Crippen LogP contribution in [0, 0.1) is 11.8 Å². The highest BCUT2D eigenvalue weighted by molar-refractivity contribution is 6.79. The van der Waals surface area contributed by atoms with Gasteiger partial charge in [-0.3, -0.25) is 4.79 Å². The van der Waals surface area contributed by atoms with Crippen LogP contribution < -0.4 is 5.32 Å². The topological polar surface area (TPSA) is 121 Å². The maximum atomic E-state index is 13.4. The van der Waals surface area contributed by atoms with Gasteiger partial charge in [-0.2, -0.15) is 0 Å². The lowest BCUT2D eigenvalue weighted by Crippen LogP contribution is -2.37. The van der Waals surface area contributed by atoms with E-state index in [1.165, 1.54) is 24.3 Å². The van der Waals surface area contributed by atoms with Crippen molar-refractivity contribution in [1.82, 2.24) is 5.32 Å². The van der Waals surface area contributed by atoms with Crippen molar-refractivity contribution in [2.75, 3.05) is 0 Å². The number of benzene rings is 2. The first-order valence-corrected chi connectivity index (χ1v) is 12.9. The SMILES string of the molecule is CC1CCC([B]C(=O)c2ccc(C(=O)O)c3c(C(=O)NC4CCC(C)CC4)ccc(C(=O)O)c23)CC1. The fourth-order valence-corrected chi connectivity index (χ4v) is 5.67. The second-order valence-electron chi connectivity index (χ2n) is 10.7. The summed E-state index contributed by atoms with van der Waals surface area (Å²) in [6.45, 7) is 4.37. The number of carbonyl (C=O) groups is 4. The van der Waals surface area contributed by atoms with Gasteiger partial charge >= 0.3 is 11.9 Å². The summed E-state index contributed by atoms with van der Waals surface area (Å²) < 4.78 is 0. The minimum Gasteiger partial charge on any atom is -0.478 e. The Morgan fingerprint density at radius 1 is 0.694 bits per heavy atom. The molecule has 0 unspecified atom stereocenters. The molecule has 2 aromatic rings. The fourth-order valence-electron chi connectivity index (χ4n) is 5.67. The van der Waals surface area contributed by atoms with Crippen LogP contribution in [0.3, 0.4) is 0 Å². The zero-order valence-electron chi connectivity index (χ0n) is 20.9. The molecule has 1 amide bonds. The van der Waals surface area contributed by atoms with Crippen molar-refractivity contribution in [3.8, 4) is 0 Å². The number of hydrogen-bond donors (Lipinski definition) is 3. The molecule has 4 rings (SSSR count). The van der Waals surface area contributed by atoms with E-state index in [0.29, 0.717) is 11.8 Å². The largest absolute Gasteiger partial charge is 0.478 e. The van der Waals surface area contributed by atoms with E-state index in [9.17, 15) is 29.4 Å². The lowest BCUT2D eigenvalue weighted by molar-refractivity contribution is 0.0686. The first-order chi connectivity index (χ1) is 17.2. The Morgan fingerprint density at radius 3 is 1.67 bits per heavy atom. The molecule has 7 nitrogen and oxygen atoms in total. The van der Waals surface area contributed by atoms with Gasteiger partial charge in [0, 0.05) is 27.9 Å². The normalized spacial score (nSPS) is 24.2. The molecular formula is C28H33BNO6. The average molecular weight is 490 g/mol. The predicted octanol–water partition coefficient (Wildman–Crippen LogP) is 5.39. The van der Waals surface area contributed by atoms with Crippen LogP contribution in [-0.4, -0.2) is 47.1 Å². The summed E-state index contributed by atoms with van der Waals surface area (Å²) in [5.41, 5.74) is -0.527. The molecule has 36 heavy (non-hydrogen) atoms. The molecule has 0 heterocycles. The number of fused-ring (bicyclic) bond motifs is 1. The molecule has 3 N–H and O–H groups in total. The number of amides is 1. The van der Waals surface area contributed by atoms with Crippen molar-refractivity contribution in [2.24, 2.45) is 11.8 Å². The van der Waals surface area contributed by atoms with Crippen LogP contribution in [-0.2, 0) is 0 Å². The van der Waals surface area contributed by atoms with E-state index in [1.54, 1.807) is 7.28 Å². The van der Waals surface area contributed by atoms with E-state index in [0.717, 1.165) is 51.4 Å². The highest BCUT2D eigenvalue weighted by atomic mass is 16.4. The summed E-state index contributed by atoms with van der Waals surface area (Å²) >= 11 is 0. The van der Waals surface area contributed by atoms with Gasteiger partial charge < -0.3 is 20.3 Å². The Labute approximate surface area is 211 Å². The van der Waals surface area contributed by atoms with Crippen LogP contribution in [0.4, 0.5) is 0 Å². The van der Waals surface area contributed by atoms with Gasteiger partial charge in [0.25, 0.3) is 5.91 Å². The van der Waals surface area contributed by atoms with Crippen molar-refractivity contribution in [3.63, 3.8) is 0 Å². The Bertz CT molecular complexity index is 1100. The molecule has 0 aromatic heterocycles. The summed E-state index contributed by atoms with van der Waals surface area (Å²) in [7, 11) is 1.64. The lowest BCUT2D eigenvalue weighted by atomic mass is 9.54. The number of carboxylic acid groups (broad SMARTS) is 2. The van der Waals surface area contributed by atoms with Gasteiger partial charge in [-0.25, -0.2) is 9.59 Å². The molecule has 2 aliphatic carbocycles. The first-order valence-electron chi connectivity index (χ1n) is 12.9. The predicted molar refractivity (Wildman–Crippen MR) is 138 cm³/mol. The summed E-state index contributed by atoms with van der Waals surface area (Å²) in [4.78, 5) is 51.1. The molecule has 0 bridgehead atoms. The Kier molecular flexibility index (Phi) is 7.81. The quantitative estimate of drug-likeness (QED) is 0.448. The maximum Gasteiger partial charge on any atom is 0.336 e. The highest BCUT2D eigenvalue weighted by Crippen LogP contribution is 2.35. The number of rotatable bonds is 7. The van der Waals surface area contributed by atoms with Crippen LogP contribution in [0.1, 0.15) is 107 Å². The minimum absolute atomic E-state index is 0.000550. The third kappa shape index (κ3) is 5.47. The lowest BCUT2D eigenvalue weighted by Gasteiger charge is -2.27. The third-order valence-corrected chi connectivity index (χ3v) is 7.93. The van der Waals surface area contributed by atoms with Crippen molar-refractivity contribution in [3.05, 3.63) is 46.5 Å². The Balaban J connectivity index is 1.78.